The number of nitrogens with one attached hydrogen (secondary N) is 1. The third-order valence-corrected chi connectivity index (χ3v) is 4.33. The van der Waals surface area contributed by atoms with Crippen molar-refractivity contribution in [1.82, 2.24) is 4.90 Å². The first-order chi connectivity index (χ1) is 13.5. The lowest BCUT2D eigenvalue weighted by molar-refractivity contribution is -0.143. The summed E-state index contributed by atoms with van der Waals surface area (Å²) in [5.41, 5.74) is -2.68. The molecule has 0 atom stereocenters. The van der Waals surface area contributed by atoms with Crippen LogP contribution < -0.4 is 5.32 Å². The third kappa shape index (κ3) is 5.20. The number of alkyl halides is 6. The number of hydrogen-bond donors (Lipinski definition) is 1. The van der Waals surface area contributed by atoms with Gasteiger partial charge in [0.2, 0.25) is 0 Å². The molecule has 1 aliphatic heterocycles. The molecule has 0 bridgehead atoms. The quantitative estimate of drug-likeness (QED) is 0.677. The van der Waals surface area contributed by atoms with Crippen molar-refractivity contribution in [3.8, 4) is 11.1 Å². The van der Waals surface area contributed by atoms with Crippen molar-refractivity contribution in [2.75, 3.05) is 31.6 Å². The molecule has 1 heterocycles. The Balaban J connectivity index is 1.92. The van der Waals surface area contributed by atoms with Crippen molar-refractivity contribution >= 4 is 11.7 Å². The number of morpholine rings is 1. The second-order valence-corrected chi connectivity index (χ2v) is 6.40. The number of benzene rings is 2. The van der Waals surface area contributed by atoms with Gasteiger partial charge in [0, 0.05) is 18.8 Å². The minimum atomic E-state index is -4.93. The minimum Gasteiger partial charge on any atom is -0.378 e. The predicted octanol–water partition coefficient (Wildman–Crippen LogP) is 5.26. The highest BCUT2D eigenvalue weighted by Gasteiger charge is 2.37. The summed E-state index contributed by atoms with van der Waals surface area (Å²) in [7, 11) is 0. The Kier molecular flexibility index (Phi) is 5.74. The van der Waals surface area contributed by atoms with E-state index in [1.165, 1.54) is 29.2 Å². The molecule has 0 aliphatic carbocycles. The Hall–Kier alpha value is -2.75. The molecule has 4 nitrogen and oxygen atoms in total. The molecule has 2 amide bonds. The molecule has 2 aromatic carbocycles. The van der Waals surface area contributed by atoms with Gasteiger partial charge in [0.15, 0.2) is 0 Å². The largest absolute Gasteiger partial charge is 0.416 e. The number of carbonyl (C=O) groups is 1. The predicted molar refractivity (Wildman–Crippen MR) is 93.3 cm³/mol. The van der Waals surface area contributed by atoms with Crippen LogP contribution >= 0.6 is 0 Å². The van der Waals surface area contributed by atoms with Crippen LogP contribution in [0.15, 0.2) is 42.5 Å². The summed E-state index contributed by atoms with van der Waals surface area (Å²) in [4.78, 5) is 13.8. The maximum absolute atomic E-state index is 13.1. The second kappa shape index (κ2) is 7.94. The van der Waals surface area contributed by atoms with Crippen molar-refractivity contribution in [1.29, 1.82) is 0 Å². The molecule has 1 aliphatic rings. The zero-order valence-corrected chi connectivity index (χ0v) is 14.9. The van der Waals surface area contributed by atoms with Gasteiger partial charge in [-0.1, -0.05) is 12.1 Å². The summed E-state index contributed by atoms with van der Waals surface area (Å²) in [5.74, 6) is 0. The molecule has 29 heavy (non-hydrogen) atoms. The summed E-state index contributed by atoms with van der Waals surface area (Å²) >= 11 is 0. The molecular weight excluding hydrogens is 402 g/mol. The fourth-order valence-corrected chi connectivity index (χ4v) is 2.87. The van der Waals surface area contributed by atoms with E-state index in [1.807, 2.05) is 0 Å². The Morgan fingerprint density at radius 2 is 1.45 bits per heavy atom. The molecular formula is C19H16F6N2O2. The lowest BCUT2D eigenvalue weighted by Gasteiger charge is -2.27. The lowest BCUT2D eigenvalue weighted by Crippen LogP contribution is -2.43. The summed E-state index contributed by atoms with van der Waals surface area (Å²) in [6, 6.07) is 6.60. The molecule has 1 fully saturated rings. The van der Waals surface area contributed by atoms with Crippen LogP contribution in [0, 0.1) is 0 Å². The van der Waals surface area contributed by atoms with Crippen LogP contribution in [0.4, 0.5) is 36.8 Å². The zero-order chi connectivity index (χ0) is 21.2. The highest BCUT2D eigenvalue weighted by Crippen LogP contribution is 2.38. The molecule has 0 saturated carbocycles. The number of hydrogen-bond acceptors (Lipinski definition) is 2. The topological polar surface area (TPSA) is 41.6 Å². The smallest absolute Gasteiger partial charge is 0.378 e. The molecule has 0 radical (unpaired) electrons. The molecule has 0 spiro atoms. The van der Waals surface area contributed by atoms with E-state index >= 15 is 0 Å². The van der Waals surface area contributed by atoms with Gasteiger partial charge >= 0.3 is 18.4 Å². The summed E-state index contributed by atoms with van der Waals surface area (Å²) < 4.78 is 83.6. The Bertz CT molecular complexity index is 857. The van der Waals surface area contributed by atoms with E-state index in [0.29, 0.717) is 38.4 Å². The first kappa shape index (κ1) is 21.0. The van der Waals surface area contributed by atoms with E-state index in [4.69, 9.17) is 4.74 Å². The van der Waals surface area contributed by atoms with Gasteiger partial charge < -0.3 is 15.0 Å². The molecule has 1 saturated heterocycles. The standard InChI is InChI=1S/C19H16F6N2O2/c20-18(21,22)14-8-13(9-15(11-14)19(23,24)25)12-2-1-3-16(10-12)26-17(28)27-4-6-29-7-5-27/h1-3,8-11H,4-7H2,(H,26,28). The number of anilines is 1. The fourth-order valence-electron chi connectivity index (χ4n) is 2.87. The number of carbonyl (C=O) groups excluding carboxylic acids is 1. The molecule has 2 aromatic rings. The SMILES string of the molecule is O=C(Nc1cccc(-c2cc(C(F)(F)F)cc(C(F)(F)F)c2)c1)N1CCOCC1. The lowest BCUT2D eigenvalue weighted by atomic mass is 9.99. The van der Waals surface area contributed by atoms with Crippen molar-refractivity contribution in [2.24, 2.45) is 0 Å². The molecule has 0 aromatic heterocycles. The van der Waals surface area contributed by atoms with Gasteiger partial charge in [-0.15, -0.1) is 0 Å². The number of urea groups is 1. The molecule has 3 rings (SSSR count). The average Bonchev–Trinajstić information content (AvgIpc) is 2.67. The highest BCUT2D eigenvalue weighted by molar-refractivity contribution is 5.90. The van der Waals surface area contributed by atoms with Crippen molar-refractivity contribution in [3.05, 3.63) is 53.6 Å². The van der Waals surface area contributed by atoms with Gasteiger partial charge in [0.25, 0.3) is 0 Å². The maximum Gasteiger partial charge on any atom is 0.416 e. The number of amides is 2. The van der Waals surface area contributed by atoms with E-state index in [2.05, 4.69) is 5.32 Å². The molecule has 10 heteroatoms. The Morgan fingerprint density at radius 1 is 0.862 bits per heavy atom. The van der Waals surface area contributed by atoms with Gasteiger partial charge in [-0.3, -0.25) is 0 Å². The summed E-state index contributed by atoms with van der Waals surface area (Å²) in [6.45, 7) is 1.54. The van der Waals surface area contributed by atoms with E-state index in [9.17, 15) is 31.1 Å². The van der Waals surface area contributed by atoms with Crippen LogP contribution in [0.3, 0.4) is 0 Å². The summed E-state index contributed by atoms with van der Waals surface area (Å²) in [5, 5.41) is 2.60. The Labute approximate surface area is 162 Å². The van der Waals surface area contributed by atoms with E-state index in [1.54, 1.807) is 0 Å². The van der Waals surface area contributed by atoms with Gasteiger partial charge in [-0.05, 0) is 41.5 Å². The van der Waals surface area contributed by atoms with Crippen molar-refractivity contribution in [3.63, 3.8) is 0 Å². The number of halogens is 6. The van der Waals surface area contributed by atoms with Crippen LogP contribution in [0.5, 0.6) is 0 Å². The van der Waals surface area contributed by atoms with Crippen LogP contribution in [0.25, 0.3) is 11.1 Å². The highest BCUT2D eigenvalue weighted by atomic mass is 19.4. The van der Waals surface area contributed by atoms with Crippen LogP contribution in [0.1, 0.15) is 11.1 Å². The van der Waals surface area contributed by atoms with E-state index in [0.717, 1.165) is 0 Å². The number of ether oxygens (including phenoxy) is 1. The first-order valence-corrected chi connectivity index (χ1v) is 8.57. The van der Waals surface area contributed by atoms with Gasteiger partial charge in [-0.2, -0.15) is 26.3 Å². The maximum atomic E-state index is 13.1. The molecule has 0 unspecified atom stereocenters. The summed E-state index contributed by atoms with van der Waals surface area (Å²) in [6.07, 6.45) is -9.86. The fraction of sp³-hybridized carbons (Fsp3) is 0.316. The number of rotatable bonds is 2. The minimum absolute atomic E-state index is 0.0769. The van der Waals surface area contributed by atoms with Gasteiger partial charge in [0.1, 0.15) is 0 Å². The van der Waals surface area contributed by atoms with Crippen LogP contribution in [-0.2, 0) is 17.1 Å². The zero-order valence-electron chi connectivity index (χ0n) is 14.9. The van der Waals surface area contributed by atoms with Crippen LogP contribution in [0.2, 0.25) is 0 Å². The molecule has 1 N–H and O–H groups in total. The van der Waals surface area contributed by atoms with Gasteiger partial charge in [0.05, 0.1) is 24.3 Å². The average molecular weight is 418 g/mol. The number of nitrogens with zero attached hydrogens (tertiary/aromatic N) is 1. The van der Waals surface area contributed by atoms with E-state index in [-0.39, 0.29) is 22.9 Å². The Morgan fingerprint density at radius 3 is 2.00 bits per heavy atom. The van der Waals surface area contributed by atoms with Crippen molar-refractivity contribution < 1.29 is 35.9 Å². The monoisotopic (exact) mass is 418 g/mol. The third-order valence-electron chi connectivity index (χ3n) is 4.33. The van der Waals surface area contributed by atoms with Gasteiger partial charge in [-0.25, -0.2) is 4.79 Å². The van der Waals surface area contributed by atoms with Crippen molar-refractivity contribution in [2.45, 2.75) is 12.4 Å². The normalized spacial score (nSPS) is 15.3. The second-order valence-electron chi connectivity index (χ2n) is 6.40. The van der Waals surface area contributed by atoms with E-state index < -0.39 is 29.5 Å². The first-order valence-electron chi connectivity index (χ1n) is 8.57. The molecule has 156 valence electrons. The van der Waals surface area contributed by atoms with Crippen LogP contribution in [-0.4, -0.2) is 37.2 Å².